The molecule has 0 radical (unpaired) electrons. The van der Waals surface area contributed by atoms with Gasteiger partial charge in [0.05, 0.1) is 10.5 Å². The van der Waals surface area contributed by atoms with E-state index in [1.807, 2.05) is 6.07 Å². The highest BCUT2D eigenvalue weighted by atomic mass is 32.2. The normalized spacial score (nSPS) is 15.5. The molecule has 3 rings (SSSR count). The van der Waals surface area contributed by atoms with Crippen LogP contribution in [-0.4, -0.2) is 36.9 Å². The Morgan fingerprint density at radius 2 is 1.67 bits per heavy atom. The molecular formula is C18H19NO4S. The van der Waals surface area contributed by atoms with Crippen LogP contribution in [0, 0.1) is 6.92 Å². The fourth-order valence-electron chi connectivity index (χ4n) is 3.06. The lowest BCUT2D eigenvalue weighted by Gasteiger charge is -2.16. The monoisotopic (exact) mass is 345 g/mol. The minimum atomic E-state index is -3.43. The van der Waals surface area contributed by atoms with Crippen molar-refractivity contribution in [3.63, 3.8) is 0 Å². The van der Waals surface area contributed by atoms with Crippen molar-refractivity contribution >= 4 is 16.0 Å². The molecule has 1 fully saturated rings. The molecule has 0 bridgehead atoms. The Hall–Kier alpha value is -2.18. The molecule has 1 heterocycles. The molecule has 0 atom stereocenters. The van der Waals surface area contributed by atoms with Gasteiger partial charge in [-0.15, -0.1) is 0 Å². The lowest BCUT2D eigenvalue weighted by atomic mass is 9.96. The molecule has 2 aromatic carbocycles. The maximum atomic E-state index is 12.5. The molecule has 6 heteroatoms. The van der Waals surface area contributed by atoms with Crippen LogP contribution in [0.25, 0.3) is 11.1 Å². The SMILES string of the molecule is Cc1c(C(=O)O)cccc1-c1ccc(S(=O)(=O)N2CCCC2)cc1. The quantitative estimate of drug-likeness (QED) is 0.924. The first kappa shape index (κ1) is 16.7. The minimum absolute atomic E-state index is 0.251. The number of benzene rings is 2. The molecule has 1 N–H and O–H groups in total. The molecule has 0 saturated carbocycles. The highest BCUT2D eigenvalue weighted by Gasteiger charge is 2.27. The van der Waals surface area contributed by atoms with Gasteiger partial charge in [-0.1, -0.05) is 24.3 Å². The summed E-state index contributed by atoms with van der Waals surface area (Å²) in [6.07, 6.45) is 1.80. The highest BCUT2D eigenvalue weighted by molar-refractivity contribution is 7.89. The van der Waals surface area contributed by atoms with Crippen molar-refractivity contribution in [3.05, 3.63) is 53.6 Å². The van der Waals surface area contributed by atoms with Crippen LogP contribution in [0.2, 0.25) is 0 Å². The van der Waals surface area contributed by atoms with Crippen LogP contribution in [0.3, 0.4) is 0 Å². The summed E-state index contributed by atoms with van der Waals surface area (Å²) in [5, 5.41) is 9.22. The Bertz CT molecular complexity index is 866. The van der Waals surface area contributed by atoms with Crippen molar-refractivity contribution in [2.45, 2.75) is 24.7 Å². The number of carboxylic acids is 1. The Labute approximate surface area is 141 Å². The Morgan fingerprint density at radius 3 is 2.25 bits per heavy atom. The van der Waals surface area contributed by atoms with E-state index in [1.54, 1.807) is 43.3 Å². The van der Waals surface area contributed by atoms with E-state index in [0.717, 1.165) is 24.0 Å². The molecule has 0 aliphatic carbocycles. The fraction of sp³-hybridized carbons (Fsp3) is 0.278. The van der Waals surface area contributed by atoms with E-state index in [9.17, 15) is 18.3 Å². The van der Waals surface area contributed by atoms with Gasteiger partial charge < -0.3 is 5.11 Å². The summed E-state index contributed by atoms with van der Waals surface area (Å²) in [4.78, 5) is 11.5. The maximum absolute atomic E-state index is 12.5. The Kier molecular flexibility index (Phi) is 4.43. The number of hydrogen-bond acceptors (Lipinski definition) is 3. The van der Waals surface area contributed by atoms with Gasteiger partial charge in [-0.05, 0) is 54.7 Å². The number of aromatic carboxylic acids is 1. The van der Waals surface area contributed by atoms with Crippen LogP contribution < -0.4 is 0 Å². The molecule has 0 unspecified atom stereocenters. The van der Waals surface area contributed by atoms with Gasteiger partial charge in [0.15, 0.2) is 0 Å². The summed E-state index contributed by atoms with van der Waals surface area (Å²) < 4.78 is 26.6. The first-order valence-electron chi connectivity index (χ1n) is 7.85. The van der Waals surface area contributed by atoms with Crippen LogP contribution in [-0.2, 0) is 10.0 Å². The summed E-state index contributed by atoms with van der Waals surface area (Å²) in [6.45, 7) is 2.90. The molecule has 2 aromatic rings. The van der Waals surface area contributed by atoms with Crippen LogP contribution in [0.15, 0.2) is 47.4 Å². The molecule has 1 aliphatic rings. The van der Waals surface area contributed by atoms with Crippen molar-refractivity contribution < 1.29 is 18.3 Å². The molecule has 126 valence electrons. The standard InChI is InChI=1S/C18H19NO4S/c1-13-16(5-4-6-17(13)18(20)21)14-7-9-15(10-8-14)24(22,23)19-11-2-3-12-19/h4-10H,2-3,11-12H2,1H3,(H,20,21). The van der Waals surface area contributed by atoms with E-state index >= 15 is 0 Å². The molecule has 0 aromatic heterocycles. The highest BCUT2D eigenvalue weighted by Crippen LogP contribution is 2.28. The molecule has 1 aliphatic heterocycles. The lowest BCUT2D eigenvalue weighted by Crippen LogP contribution is -2.27. The summed E-state index contributed by atoms with van der Waals surface area (Å²) in [6, 6.07) is 11.7. The van der Waals surface area contributed by atoms with Crippen LogP contribution in [0.5, 0.6) is 0 Å². The second kappa shape index (κ2) is 6.37. The number of rotatable bonds is 4. The van der Waals surface area contributed by atoms with Crippen molar-refractivity contribution in [2.24, 2.45) is 0 Å². The van der Waals surface area contributed by atoms with E-state index in [-0.39, 0.29) is 10.5 Å². The molecule has 5 nitrogen and oxygen atoms in total. The topological polar surface area (TPSA) is 74.7 Å². The van der Waals surface area contributed by atoms with Crippen molar-refractivity contribution in [1.29, 1.82) is 0 Å². The van der Waals surface area contributed by atoms with Gasteiger partial charge in [-0.25, -0.2) is 13.2 Å². The molecule has 1 saturated heterocycles. The first-order valence-corrected chi connectivity index (χ1v) is 9.29. The Balaban J connectivity index is 1.96. The zero-order valence-electron chi connectivity index (χ0n) is 13.4. The predicted molar refractivity (Wildman–Crippen MR) is 91.6 cm³/mol. The van der Waals surface area contributed by atoms with Crippen LogP contribution in [0.4, 0.5) is 0 Å². The smallest absolute Gasteiger partial charge is 0.335 e. The summed E-state index contributed by atoms with van der Waals surface area (Å²) >= 11 is 0. The average Bonchev–Trinajstić information content (AvgIpc) is 3.10. The van der Waals surface area contributed by atoms with Gasteiger partial charge in [0.1, 0.15) is 0 Å². The van der Waals surface area contributed by atoms with Crippen LogP contribution in [0.1, 0.15) is 28.8 Å². The number of carboxylic acid groups (broad SMARTS) is 1. The third-order valence-electron chi connectivity index (χ3n) is 4.43. The minimum Gasteiger partial charge on any atom is -0.478 e. The Morgan fingerprint density at radius 1 is 1.04 bits per heavy atom. The van der Waals surface area contributed by atoms with E-state index in [0.29, 0.717) is 18.7 Å². The van der Waals surface area contributed by atoms with E-state index in [1.165, 1.54) is 4.31 Å². The second-order valence-corrected chi connectivity index (χ2v) is 7.86. The largest absolute Gasteiger partial charge is 0.478 e. The van der Waals surface area contributed by atoms with Crippen LogP contribution >= 0.6 is 0 Å². The van der Waals surface area contributed by atoms with Crippen molar-refractivity contribution in [1.82, 2.24) is 4.31 Å². The summed E-state index contributed by atoms with van der Waals surface area (Å²) in [7, 11) is -3.43. The first-order chi connectivity index (χ1) is 11.4. The zero-order valence-corrected chi connectivity index (χ0v) is 14.2. The molecule has 0 spiro atoms. The predicted octanol–water partition coefficient (Wildman–Crippen LogP) is 3.14. The van der Waals surface area contributed by atoms with E-state index in [4.69, 9.17) is 0 Å². The van der Waals surface area contributed by atoms with Crippen molar-refractivity contribution in [3.8, 4) is 11.1 Å². The molecule has 0 amide bonds. The zero-order chi connectivity index (χ0) is 17.3. The number of carbonyl (C=O) groups is 1. The molecule has 24 heavy (non-hydrogen) atoms. The fourth-order valence-corrected chi connectivity index (χ4v) is 4.58. The third-order valence-corrected chi connectivity index (χ3v) is 6.35. The summed E-state index contributed by atoms with van der Waals surface area (Å²) in [5.41, 5.74) is 2.51. The van der Waals surface area contributed by atoms with Gasteiger partial charge in [-0.3, -0.25) is 0 Å². The summed E-state index contributed by atoms with van der Waals surface area (Å²) in [5.74, 6) is -0.970. The number of sulfonamides is 1. The molecular weight excluding hydrogens is 326 g/mol. The van der Waals surface area contributed by atoms with E-state index in [2.05, 4.69) is 0 Å². The van der Waals surface area contributed by atoms with E-state index < -0.39 is 16.0 Å². The van der Waals surface area contributed by atoms with Gasteiger partial charge in [0.25, 0.3) is 0 Å². The second-order valence-electron chi connectivity index (χ2n) is 5.92. The van der Waals surface area contributed by atoms with Gasteiger partial charge in [0.2, 0.25) is 10.0 Å². The number of hydrogen-bond donors (Lipinski definition) is 1. The number of nitrogens with zero attached hydrogens (tertiary/aromatic N) is 1. The lowest BCUT2D eigenvalue weighted by molar-refractivity contribution is 0.0696. The average molecular weight is 345 g/mol. The van der Waals surface area contributed by atoms with Gasteiger partial charge >= 0.3 is 5.97 Å². The van der Waals surface area contributed by atoms with Crippen molar-refractivity contribution in [2.75, 3.05) is 13.1 Å². The third kappa shape index (κ3) is 2.95. The maximum Gasteiger partial charge on any atom is 0.335 e. The van der Waals surface area contributed by atoms with Gasteiger partial charge in [0, 0.05) is 13.1 Å². The van der Waals surface area contributed by atoms with Gasteiger partial charge in [-0.2, -0.15) is 4.31 Å².